The standard InChI is InChI=1S/C11H16ClNO3S/c1-8(2)10(7-14)13-17(15,16)11-6-4-3-5-9(11)12/h3-6,8,10,13-14H,7H2,1-2H3/t10-/m1/s1. The van der Waals surface area contributed by atoms with Crippen LogP contribution in [-0.4, -0.2) is 26.2 Å². The molecule has 0 aromatic heterocycles. The molecule has 0 saturated carbocycles. The van der Waals surface area contributed by atoms with Crippen LogP contribution in [0.3, 0.4) is 0 Å². The van der Waals surface area contributed by atoms with Crippen molar-refractivity contribution in [2.24, 2.45) is 5.92 Å². The Morgan fingerprint density at radius 2 is 1.94 bits per heavy atom. The molecule has 17 heavy (non-hydrogen) atoms. The van der Waals surface area contributed by atoms with E-state index in [0.29, 0.717) is 0 Å². The number of aliphatic hydroxyl groups is 1. The summed E-state index contributed by atoms with van der Waals surface area (Å²) in [6.45, 7) is 3.41. The van der Waals surface area contributed by atoms with Crippen molar-refractivity contribution in [3.63, 3.8) is 0 Å². The van der Waals surface area contributed by atoms with E-state index in [9.17, 15) is 8.42 Å². The summed E-state index contributed by atoms with van der Waals surface area (Å²) in [6.07, 6.45) is 0. The number of hydrogen-bond acceptors (Lipinski definition) is 3. The van der Waals surface area contributed by atoms with Gasteiger partial charge in [-0.25, -0.2) is 13.1 Å². The van der Waals surface area contributed by atoms with E-state index in [4.69, 9.17) is 16.7 Å². The maximum absolute atomic E-state index is 12.0. The van der Waals surface area contributed by atoms with Crippen molar-refractivity contribution in [1.82, 2.24) is 4.72 Å². The van der Waals surface area contributed by atoms with Gasteiger partial charge in [0.25, 0.3) is 0 Å². The van der Waals surface area contributed by atoms with Crippen molar-refractivity contribution in [3.05, 3.63) is 29.3 Å². The second-order valence-corrected chi connectivity index (χ2v) is 6.17. The molecule has 0 spiro atoms. The second kappa shape index (κ2) is 5.82. The van der Waals surface area contributed by atoms with E-state index >= 15 is 0 Å². The van der Waals surface area contributed by atoms with Gasteiger partial charge in [0.05, 0.1) is 11.6 Å². The van der Waals surface area contributed by atoms with Crippen LogP contribution < -0.4 is 4.72 Å². The SMILES string of the molecule is CC(C)[C@@H](CO)NS(=O)(=O)c1ccccc1Cl. The molecule has 96 valence electrons. The number of aliphatic hydroxyl groups excluding tert-OH is 1. The first-order chi connectivity index (χ1) is 7.88. The summed E-state index contributed by atoms with van der Waals surface area (Å²) in [4.78, 5) is 0.0285. The maximum Gasteiger partial charge on any atom is 0.242 e. The van der Waals surface area contributed by atoms with E-state index in [0.717, 1.165) is 0 Å². The van der Waals surface area contributed by atoms with E-state index < -0.39 is 16.1 Å². The highest BCUT2D eigenvalue weighted by molar-refractivity contribution is 7.89. The molecule has 0 aliphatic carbocycles. The Kier molecular flexibility index (Phi) is 4.94. The van der Waals surface area contributed by atoms with Crippen LogP contribution in [0.15, 0.2) is 29.2 Å². The van der Waals surface area contributed by atoms with Crippen LogP contribution in [0.25, 0.3) is 0 Å². The van der Waals surface area contributed by atoms with E-state index in [-0.39, 0.29) is 22.4 Å². The van der Waals surface area contributed by atoms with Crippen LogP contribution in [0.5, 0.6) is 0 Å². The molecule has 1 rings (SSSR count). The number of rotatable bonds is 5. The van der Waals surface area contributed by atoms with Crippen LogP contribution in [0.4, 0.5) is 0 Å². The van der Waals surface area contributed by atoms with Crippen molar-refractivity contribution >= 4 is 21.6 Å². The van der Waals surface area contributed by atoms with Gasteiger partial charge in [-0.1, -0.05) is 37.6 Å². The predicted molar refractivity (Wildman–Crippen MR) is 67.5 cm³/mol. The molecule has 0 radical (unpaired) electrons. The molecule has 0 aliphatic rings. The van der Waals surface area contributed by atoms with Crippen LogP contribution in [-0.2, 0) is 10.0 Å². The maximum atomic E-state index is 12.0. The zero-order chi connectivity index (χ0) is 13.1. The average Bonchev–Trinajstić information content (AvgIpc) is 2.26. The molecule has 0 fully saturated rings. The van der Waals surface area contributed by atoms with Gasteiger partial charge in [-0.2, -0.15) is 0 Å². The first-order valence-electron chi connectivity index (χ1n) is 5.26. The van der Waals surface area contributed by atoms with Gasteiger partial charge >= 0.3 is 0 Å². The van der Waals surface area contributed by atoms with Gasteiger partial charge in [0.1, 0.15) is 4.90 Å². The Balaban J connectivity index is 3.01. The highest BCUT2D eigenvalue weighted by Crippen LogP contribution is 2.21. The zero-order valence-corrected chi connectivity index (χ0v) is 11.3. The molecule has 0 saturated heterocycles. The minimum absolute atomic E-state index is 0.00253. The van der Waals surface area contributed by atoms with Crippen LogP contribution in [0.2, 0.25) is 5.02 Å². The van der Waals surface area contributed by atoms with E-state index in [1.54, 1.807) is 12.1 Å². The first kappa shape index (κ1) is 14.4. The minimum Gasteiger partial charge on any atom is -0.395 e. The largest absolute Gasteiger partial charge is 0.395 e. The number of sulfonamides is 1. The molecule has 0 amide bonds. The summed E-state index contributed by atoms with van der Waals surface area (Å²) in [5.41, 5.74) is 0. The Hall–Kier alpha value is -0.620. The summed E-state index contributed by atoms with van der Waals surface area (Å²) in [5.74, 6) is -0.00253. The van der Waals surface area contributed by atoms with Gasteiger partial charge in [0.15, 0.2) is 0 Å². The number of halogens is 1. The molecule has 4 nitrogen and oxygen atoms in total. The van der Waals surface area contributed by atoms with Gasteiger partial charge < -0.3 is 5.11 Å². The van der Waals surface area contributed by atoms with Crippen molar-refractivity contribution < 1.29 is 13.5 Å². The third-order valence-electron chi connectivity index (χ3n) is 2.43. The second-order valence-electron chi connectivity index (χ2n) is 4.08. The third-order valence-corrected chi connectivity index (χ3v) is 4.42. The molecule has 0 bridgehead atoms. The minimum atomic E-state index is -3.69. The smallest absolute Gasteiger partial charge is 0.242 e. The van der Waals surface area contributed by atoms with Crippen molar-refractivity contribution in [3.8, 4) is 0 Å². The van der Waals surface area contributed by atoms with Gasteiger partial charge in [-0.15, -0.1) is 0 Å². The summed E-state index contributed by atoms with van der Waals surface area (Å²) < 4.78 is 26.5. The van der Waals surface area contributed by atoms with E-state index in [1.807, 2.05) is 13.8 Å². The van der Waals surface area contributed by atoms with Crippen LogP contribution in [0, 0.1) is 5.92 Å². The average molecular weight is 278 g/mol. The van der Waals surface area contributed by atoms with Crippen LogP contribution in [0.1, 0.15) is 13.8 Å². The molecule has 1 aromatic rings. The summed E-state index contributed by atoms with van der Waals surface area (Å²) in [6, 6.07) is 5.69. The third kappa shape index (κ3) is 3.67. The molecule has 2 N–H and O–H groups in total. The lowest BCUT2D eigenvalue weighted by Gasteiger charge is -2.20. The Bertz CT molecular complexity index is 473. The Morgan fingerprint density at radius 3 is 2.41 bits per heavy atom. The molecule has 1 atom stereocenters. The van der Waals surface area contributed by atoms with Gasteiger partial charge in [0, 0.05) is 6.04 Å². The van der Waals surface area contributed by atoms with Crippen LogP contribution >= 0.6 is 11.6 Å². The molecule has 0 aliphatic heterocycles. The number of hydrogen-bond donors (Lipinski definition) is 2. The van der Waals surface area contributed by atoms with Crippen molar-refractivity contribution in [1.29, 1.82) is 0 Å². The van der Waals surface area contributed by atoms with Crippen molar-refractivity contribution in [2.45, 2.75) is 24.8 Å². The normalized spacial score (nSPS) is 13.9. The molecule has 0 heterocycles. The summed E-state index contributed by atoms with van der Waals surface area (Å²) in [5, 5.41) is 9.28. The predicted octanol–water partition coefficient (Wildman–Crippen LogP) is 1.64. The Labute approximate surface area is 107 Å². The van der Waals surface area contributed by atoms with E-state index in [1.165, 1.54) is 12.1 Å². The molecule has 6 heteroatoms. The summed E-state index contributed by atoms with van der Waals surface area (Å²) >= 11 is 5.83. The molecular formula is C11H16ClNO3S. The Morgan fingerprint density at radius 1 is 1.35 bits per heavy atom. The highest BCUT2D eigenvalue weighted by Gasteiger charge is 2.23. The lowest BCUT2D eigenvalue weighted by molar-refractivity contribution is 0.227. The summed E-state index contributed by atoms with van der Waals surface area (Å²) in [7, 11) is -3.69. The highest BCUT2D eigenvalue weighted by atomic mass is 35.5. The monoisotopic (exact) mass is 277 g/mol. The molecule has 0 unspecified atom stereocenters. The molecular weight excluding hydrogens is 262 g/mol. The van der Waals surface area contributed by atoms with Crippen molar-refractivity contribution in [2.75, 3.05) is 6.61 Å². The van der Waals surface area contributed by atoms with Gasteiger partial charge in [0.2, 0.25) is 10.0 Å². The van der Waals surface area contributed by atoms with Gasteiger partial charge in [-0.3, -0.25) is 0 Å². The number of benzene rings is 1. The fraction of sp³-hybridized carbons (Fsp3) is 0.455. The number of nitrogens with one attached hydrogen (secondary N) is 1. The lowest BCUT2D eigenvalue weighted by Crippen LogP contribution is -2.41. The van der Waals surface area contributed by atoms with E-state index in [2.05, 4.69) is 4.72 Å². The lowest BCUT2D eigenvalue weighted by atomic mass is 10.1. The molecule has 1 aromatic carbocycles. The van der Waals surface area contributed by atoms with Gasteiger partial charge in [-0.05, 0) is 18.1 Å². The quantitative estimate of drug-likeness (QED) is 0.860. The zero-order valence-electron chi connectivity index (χ0n) is 9.72. The first-order valence-corrected chi connectivity index (χ1v) is 7.12. The fourth-order valence-corrected chi connectivity index (χ4v) is 3.20. The topological polar surface area (TPSA) is 66.4 Å². The fourth-order valence-electron chi connectivity index (χ4n) is 1.31.